The van der Waals surface area contributed by atoms with E-state index in [1.54, 1.807) is 6.92 Å². The van der Waals surface area contributed by atoms with Crippen LogP contribution in [0.4, 0.5) is 0 Å². The van der Waals surface area contributed by atoms with Crippen molar-refractivity contribution in [3.8, 4) is 0 Å². The van der Waals surface area contributed by atoms with E-state index in [-0.39, 0.29) is 0 Å². The van der Waals surface area contributed by atoms with Gasteiger partial charge in [-0.25, -0.2) is 0 Å². The van der Waals surface area contributed by atoms with Crippen LogP contribution in [0.25, 0.3) is 0 Å². The lowest BCUT2D eigenvalue weighted by atomic mass is 10.3. The van der Waals surface area contributed by atoms with Crippen LogP contribution in [0.2, 0.25) is 0 Å². The molecule has 0 heterocycles. The molecule has 0 aromatic heterocycles. The SMILES string of the molecule is CCC(CCBr)S(=O)(=O)O. The standard InChI is InChI=1S/C5H11BrO3S/c1-2-5(3-4-6)10(7,8)9/h5H,2-4H2,1H3,(H,7,8,9). The molecule has 0 rings (SSSR count). The van der Waals surface area contributed by atoms with Gasteiger partial charge in [0, 0.05) is 5.33 Å². The molecule has 0 aliphatic carbocycles. The molecule has 0 saturated carbocycles. The average Bonchev–Trinajstić information content (AvgIpc) is 1.80. The maximum atomic E-state index is 10.5. The lowest BCUT2D eigenvalue weighted by molar-refractivity contribution is 0.462. The Balaban J connectivity index is 4.08. The number of rotatable bonds is 4. The van der Waals surface area contributed by atoms with E-state index < -0.39 is 15.4 Å². The van der Waals surface area contributed by atoms with Gasteiger partial charge in [0.05, 0.1) is 5.25 Å². The number of halogens is 1. The van der Waals surface area contributed by atoms with Crippen molar-refractivity contribution in [1.82, 2.24) is 0 Å². The van der Waals surface area contributed by atoms with Crippen LogP contribution in [0.15, 0.2) is 0 Å². The van der Waals surface area contributed by atoms with Gasteiger partial charge in [-0.15, -0.1) is 0 Å². The van der Waals surface area contributed by atoms with E-state index in [0.29, 0.717) is 18.2 Å². The quantitative estimate of drug-likeness (QED) is 0.588. The van der Waals surface area contributed by atoms with Gasteiger partial charge in [0.1, 0.15) is 0 Å². The van der Waals surface area contributed by atoms with E-state index in [1.807, 2.05) is 0 Å². The number of alkyl halides is 1. The number of hydrogen-bond acceptors (Lipinski definition) is 2. The summed E-state index contributed by atoms with van der Waals surface area (Å²) in [5.74, 6) is 0. The summed E-state index contributed by atoms with van der Waals surface area (Å²) in [5.41, 5.74) is 0. The Kier molecular flexibility index (Phi) is 4.47. The largest absolute Gasteiger partial charge is 0.285 e. The zero-order chi connectivity index (χ0) is 8.20. The smallest absolute Gasteiger partial charge is 0.267 e. The second kappa shape index (κ2) is 4.31. The lowest BCUT2D eigenvalue weighted by Gasteiger charge is -2.07. The first-order valence-corrected chi connectivity index (χ1v) is 5.67. The molecule has 3 nitrogen and oxygen atoms in total. The van der Waals surface area contributed by atoms with Gasteiger partial charge in [0.25, 0.3) is 10.1 Å². The monoisotopic (exact) mass is 230 g/mol. The first-order valence-electron chi connectivity index (χ1n) is 3.04. The van der Waals surface area contributed by atoms with Gasteiger partial charge in [-0.05, 0) is 12.8 Å². The van der Waals surface area contributed by atoms with E-state index in [2.05, 4.69) is 15.9 Å². The van der Waals surface area contributed by atoms with Gasteiger partial charge in [-0.3, -0.25) is 4.55 Å². The summed E-state index contributed by atoms with van der Waals surface area (Å²) in [6, 6.07) is 0. The molecule has 0 aliphatic heterocycles. The third-order valence-corrected chi connectivity index (χ3v) is 3.18. The summed E-state index contributed by atoms with van der Waals surface area (Å²) >= 11 is 3.11. The molecular weight excluding hydrogens is 220 g/mol. The maximum absolute atomic E-state index is 10.5. The van der Waals surface area contributed by atoms with Crippen molar-refractivity contribution in [1.29, 1.82) is 0 Å². The molecule has 0 amide bonds. The summed E-state index contributed by atoms with van der Waals surface area (Å²) in [4.78, 5) is 0. The van der Waals surface area contributed by atoms with Crippen molar-refractivity contribution in [2.24, 2.45) is 0 Å². The molecule has 0 aromatic carbocycles. The predicted octanol–water partition coefficient (Wildman–Crippen LogP) is 1.44. The van der Waals surface area contributed by atoms with E-state index >= 15 is 0 Å². The molecule has 0 fully saturated rings. The summed E-state index contributed by atoms with van der Waals surface area (Å²) in [6.07, 6.45) is 0.930. The second-order valence-electron chi connectivity index (χ2n) is 2.02. The van der Waals surface area contributed by atoms with Crippen molar-refractivity contribution >= 4 is 26.0 Å². The zero-order valence-corrected chi connectivity index (χ0v) is 8.15. The first-order chi connectivity index (χ1) is 4.52. The third kappa shape index (κ3) is 3.53. The molecule has 0 aliphatic rings. The van der Waals surface area contributed by atoms with Gasteiger partial charge >= 0.3 is 0 Å². The van der Waals surface area contributed by atoms with E-state index in [1.165, 1.54) is 0 Å². The third-order valence-electron chi connectivity index (χ3n) is 1.31. The van der Waals surface area contributed by atoms with Crippen LogP contribution >= 0.6 is 15.9 Å². The van der Waals surface area contributed by atoms with Gasteiger partial charge in [0.15, 0.2) is 0 Å². The molecular formula is C5H11BrO3S. The van der Waals surface area contributed by atoms with Crippen molar-refractivity contribution in [3.63, 3.8) is 0 Å². The van der Waals surface area contributed by atoms with Crippen molar-refractivity contribution < 1.29 is 13.0 Å². The van der Waals surface area contributed by atoms with E-state index in [0.717, 1.165) is 0 Å². The van der Waals surface area contributed by atoms with Gasteiger partial charge in [-0.2, -0.15) is 8.42 Å². The minimum absolute atomic E-state index is 0.463. The van der Waals surface area contributed by atoms with Crippen LogP contribution < -0.4 is 0 Å². The molecule has 0 spiro atoms. The van der Waals surface area contributed by atoms with Gasteiger partial charge < -0.3 is 0 Å². The average molecular weight is 231 g/mol. The highest BCUT2D eigenvalue weighted by Crippen LogP contribution is 2.09. The maximum Gasteiger partial charge on any atom is 0.267 e. The fourth-order valence-corrected chi connectivity index (χ4v) is 2.38. The molecule has 1 atom stereocenters. The second-order valence-corrected chi connectivity index (χ2v) is 4.51. The van der Waals surface area contributed by atoms with Gasteiger partial charge in [0.2, 0.25) is 0 Å². The highest BCUT2D eigenvalue weighted by Gasteiger charge is 2.19. The Hall–Kier alpha value is 0.390. The van der Waals surface area contributed by atoms with Crippen LogP contribution in [-0.2, 0) is 10.1 Å². The Morgan fingerprint density at radius 3 is 2.20 bits per heavy atom. The number of hydrogen-bond donors (Lipinski definition) is 1. The molecule has 5 heteroatoms. The van der Waals surface area contributed by atoms with Crippen LogP contribution in [-0.4, -0.2) is 23.6 Å². The predicted molar refractivity (Wildman–Crippen MR) is 44.0 cm³/mol. The molecule has 0 radical (unpaired) electrons. The van der Waals surface area contributed by atoms with E-state index in [9.17, 15) is 8.42 Å². The van der Waals surface area contributed by atoms with Crippen LogP contribution in [0.1, 0.15) is 19.8 Å². The molecule has 0 bridgehead atoms. The lowest BCUT2D eigenvalue weighted by Crippen LogP contribution is -2.19. The normalized spacial score (nSPS) is 15.1. The van der Waals surface area contributed by atoms with Crippen molar-refractivity contribution in [2.45, 2.75) is 25.0 Å². The topological polar surface area (TPSA) is 54.4 Å². The Bertz CT molecular complexity index is 175. The molecule has 0 aromatic rings. The van der Waals surface area contributed by atoms with Crippen molar-refractivity contribution in [3.05, 3.63) is 0 Å². The summed E-state index contributed by atoms with van der Waals surface area (Å²) in [5, 5.41) is -0.00227. The van der Waals surface area contributed by atoms with E-state index in [4.69, 9.17) is 4.55 Å². The highest BCUT2D eigenvalue weighted by molar-refractivity contribution is 9.09. The Morgan fingerprint density at radius 2 is 2.10 bits per heavy atom. The van der Waals surface area contributed by atoms with Gasteiger partial charge in [-0.1, -0.05) is 22.9 Å². The minimum Gasteiger partial charge on any atom is -0.285 e. The Morgan fingerprint density at radius 1 is 1.60 bits per heavy atom. The fourth-order valence-electron chi connectivity index (χ4n) is 0.685. The molecule has 1 unspecified atom stereocenters. The minimum atomic E-state index is -3.81. The van der Waals surface area contributed by atoms with Crippen LogP contribution in [0, 0.1) is 0 Å². The first kappa shape index (κ1) is 10.4. The molecule has 10 heavy (non-hydrogen) atoms. The molecule has 1 N–H and O–H groups in total. The molecule has 62 valence electrons. The highest BCUT2D eigenvalue weighted by atomic mass is 79.9. The van der Waals surface area contributed by atoms with Crippen LogP contribution in [0.3, 0.4) is 0 Å². The summed E-state index contributed by atoms with van der Waals surface area (Å²) in [6.45, 7) is 1.74. The zero-order valence-electron chi connectivity index (χ0n) is 5.75. The summed E-state index contributed by atoms with van der Waals surface area (Å²) in [7, 11) is -3.81. The molecule has 0 saturated heterocycles. The van der Waals surface area contributed by atoms with Crippen molar-refractivity contribution in [2.75, 3.05) is 5.33 Å². The summed E-state index contributed by atoms with van der Waals surface area (Å²) < 4.78 is 29.5. The fraction of sp³-hybridized carbons (Fsp3) is 1.00. The Labute approximate surface area is 69.7 Å². The van der Waals surface area contributed by atoms with Crippen LogP contribution in [0.5, 0.6) is 0 Å².